The number of hydrogen-bond acceptors (Lipinski definition) is 3. The highest BCUT2D eigenvalue weighted by Gasteiger charge is 2.23. The molecular formula is C16H25IN4O2. The van der Waals surface area contributed by atoms with E-state index >= 15 is 0 Å². The van der Waals surface area contributed by atoms with Crippen molar-refractivity contribution in [1.82, 2.24) is 10.6 Å². The third-order valence-corrected chi connectivity index (χ3v) is 3.62. The summed E-state index contributed by atoms with van der Waals surface area (Å²) in [5.74, 6) is 0.651. The molecule has 0 fully saturated rings. The lowest BCUT2D eigenvalue weighted by atomic mass is 10.2. The summed E-state index contributed by atoms with van der Waals surface area (Å²) in [6.45, 7) is 3.53. The van der Waals surface area contributed by atoms with E-state index in [1.165, 1.54) is 5.56 Å². The van der Waals surface area contributed by atoms with E-state index in [0.29, 0.717) is 12.6 Å². The van der Waals surface area contributed by atoms with Crippen LogP contribution in [0.25, 0.3) is 0 Å². The Morgan fingerprint density at radius 2 is 2.17 bits per heavy atom. The third-order valence-electron chi connectivity index (χ3n) is 3.62. The lowest BCUT2D eigenvalue weighted by Crippen LogP contribution is -2.47. The van der Waals surface area contributed by atoms with E-state index in [2.05, 4.69) is 21.7 Å². The van der Waals surface area contributed by atoms with Gasteiger partial charge in [0.05, 0.1) is 13.2 Å². The standard InChI is InChI=1S/C16H24N4O2.HI/c1-12(11-22-3)19-16(17-2)18-10-15(21)20-9-8-13-6-4-5-7-14(13)20;/h4-7,12H,8-11H2,1-3H3,(H2,17,18,19);1H. The fraction of sp³-hybridized carbons (Fsp3) is 0.500. The van der Waals surface area contributed by atoms with Gasteiger partial charge in [-0.25, -0.2) is 0 Å². The van der Waals surface area contributed by atoms with Crippen molar-refractivity contribution in [3.8, 4) is 0 Å². The van der Waals surface area contributed by atoms with Crippen LogP contribution in [0.1, 0.15) is 12.5 Å². The number of para-hydroxylation sites is 1. The molecule has 128 valence electrons. The number of halogens is 1. The lowest BCUT2D eigenvalue weighted by molar-refractivity contribution is -0.117. The number of aliphatic imine (C=N–C) groups is 1. The second kappa shape index (κ2) is 9.71. The van der Waals surface area contributed by atoms with Crippen LogP contribution in [0.3, 0.4) is 0 Å². The number of rotatable bonds is 5. The van der Waals surface area contributed by atoms with Gasteiger partial charge in [-0.2, -0.15) is 0 Å². The normalized spacial score (nSPS) is 14.7. The minimum absolute atomic E-state index is 0. The molecule has 1 heterocycles. The molecule has 7 heteroatoms. The smallest absolute Gasteiger partial charge is 0.246 e. The molecule has 1 unspecified atom stereocenters. The van der Waals surface area contributed by atoms with Crippen molar-refractivity contribution in [2.75, 3.05) is 38.8 Å². The van der Waals surface area contributed by atoms with Gasteiger partial charge in [0.25, 0.3) is 0 Å². The van der Waals surface area contributed by atoms with Gasteiger partial charge in [0, 0.05) is 32.4 Å². The van der Waals surface area contributed by atoms with Gasteiger partial charge in [-0.05, 0) is 25.0 Å². The summed E-state index contributed by atoms with van der Waals surface area (Å²) in [5, 5.41) is 6.23. The van der Waals surface area contributed by atoms with Crippen LogP contribution in [0.2, 0.25) is 0 Å². The number of nitrogens with zero attached hydrogens (tertiary/aromatic N) is 2. The lowest BCUT2D eigenvalue weighted by Gasteiger charge is -2.20. The first-order chi connectivity index (χ1) is 10.7. The Labute approximate surface area is 154 Å². The summed E-state index contributed by atoms with van der Waals surface area (Å²) in [7, 11) is 3.34. The molecule has 0 saturated carbocycles. The second-order valence-corrected chi connectivity index (χ2v) is 5.35. The van der Waals surface area contributed by atoms with Crippen molar-refractivity contribution in [3.05, 3.63) is 29.8 Å². The van der Waals surface area contributed by atoms with Crippen molar-refractivity contribution < 1.29 is 9.53 Å². The summed E-state index contributed by atoms with van der Waals surface area (Å²) in [6, 6.07) is 8.16. The third kappa shape index (κ3) is 5.35. The summed E-state index contributed by atoms with van der Waals surface area (Å²) in [6.07, 6.45) is 0.916. The molecule has 0 saturated heterocycles. The number of carbonyl (C=O) groups excluding carboxylic acids is 1. The Morgan fingerprint density at radius 1 is 1.43 bits per heavy atom. The summed E-state index contributed by atoms with van der Waals surface area (Å²) in [5.41, 5.74) is 2.25. The van der Waals surface area contributed by atoms with Crippen LogP contribution < -0.4 is 15.5 Å². The zero-order valence-electron chi connectivity index (χ0n) is 13.8. The van der Waals surface area contributed by atoms with Gasteiger partial charge in [-0.3, -0.25) is 9.79 Å². The number of guanidine groups is 1. The van der Waals surface area contributed by atoms with Crippen LogP contribution in [-0.4, -0.2) is 51.8 Å². The van der Waals surface area contributed by atoms with Gasteiger partial charge in [0.2, 0.25) is 5.91 Å². The highest BCUT2D eigenvalue weighted by molar-refractivity contribution is 14.0. The fourth-order valence-corrected chi connectivity index (χ4v) is 2.57. The Morgan fingerprint density at radius 3 is 2.87 bits per heavy atom. The Hall–Kier alpha value is -1.35. The van der Waals surface area contributed by atoms with Crippen molar-refractivity contribution >= 4 is 41.5 Å². The van der Waals surface area contributed by atoms with Crippen LogP contribution in [-0.2, 0) is 16.0 Å². The number of benzene rings is 1. The van der Waals surface area contributed by atoms with Crippen molar-refractivity contribution in [2.45, 2.75) is 19.4 Å². The van der Waals surface area contributed by atoms with E-state index in [1.54, 1.807) is 14.2 Å². The first-order valence-electron chi connectivity index (χ1n) is 7.50. The Kier molecular flexibility index (Phi) is 8.32. The number of anilines is 1. The Balaban J connectivity index is 0.00000264. The van der Waals surface area contributed by atoms with Gasteiger partial charge in [0.15, 0.2) is 5.96 Å². The van der Waals surface area contributed by atoms with Crippen LogP contribution in [0.4, 0.5) is 5.69 Å². The maximum Gasteiger partial charge on any atom is 0.246 e. The molecule has 1 aliphatic heterocycles. The van der Waals surface area contributed by atoms with E-state index in [1.807, 2.05) is 30.0 Å². The van der Waals surface area contributed by atoms with Crippen molar-refractivity contribution in [3.63, 3.8) is 0 Å². The molecule has 0 radical (unpaired) electrons. The zero-order chi connectivity index (χ0) is 15.9. The molecule has 2 N–H and O–H groups in total. The molecule has 1 aromatic carbocycles. The predicted octanol–water partition coefficient (Wildman–Crippen LogP) is 1.39. The number of fused-ring (bicyclic) bond motifs is 1. The van der Waals surface area contributed by atoms with Gasteiger partial charge in [-0.15, -0.1) is 24.0 Å². The van der Waals surface area contributed by atoms with Gasteiger partial charge in [0.1, 0.15) is 0 Å². The fourth-order valence-electron chi connectivity index (χ4n) is 2.57. The average molecular weight is 432 g/mol. The summed E-state index contributed by atoms with van der Waals surface area (Å²) < 4.78 is 5.07. The first kappa shape index (κ1) is 19.7. The molecular weight excluding hydrogens is 407 g/mol. The van der Waals surface area contributed by atoms with E-state index in [0.717, 1.165) is 18.7 Å². The largest absolute Gasteiger partial charge is 0.383 e. The molecule has 1 aromatic rings. The van der Waals surface area contributed by atoms with Crippen LogP contribution in [0.15, 0.2) is 29.3 Å². The minimum Gasteiger partial charge on any atom is -0.383 e. The molecule has 2 rings (SSSR count). The number of nitrogens with one attached hydrogen (secondary N) is 2. The quantitative estimate of drug-likeness (QED) is 0.420. The highest BCUT2D eigenvalue weighted by Crippen LogP contribution is 2.27. The maximum absolute atomic E-state index is 12.4. The topological polar surface area (TPSA) is 66.0 Å². The Bertz CT molecular complexity index is 551. The molecule has 0 spiro atoms. The molecule has 23 heavy (non-hydrogen) atoms. The summed E-state index contributed by atoms with van der Waals surface area (Å²) in [4.78, 5) is 18.3. The number of ether oxygens (including phenoxy) is 1. The van der Waals surface area contributed by atoms with Gasteiger partial charge in [-0.1, -0.05) is 18.2 Å². The zero-order valence-corrected chi connectivity index (χ0v) is 16.2. The second-order valence-electron chi connectivity index (χ2n) is 5.35. The van der Waals surface area contributed by atoms with Crippen LogP contribution in [0.5, 0.6) is 0 Å². The molecule has 1 aliphatic rings. The number of methoxy groups -OCH3 is 1. The molecule has 6 nitrogen and oxygen atoms in total. The van der Waals surface area contributed by atoms with E-state index < -0.39 is 0 Å². The van der Waals surface area contributed by atoms with Gasteiger partial charge >= 0.3 is 0 Å². The van der Waals surface area contributed by atoms with E-state index in [9.17, 15) is 4.79 Å². The van der Waals surface area contributed by atoms with Gasteiger partial charge < -0.3 is 20.3 Å². The van der Waals surface area contributed by atoms with Crippen LogP contribution in [0, 0.1) is 0 Å². The van der Waals surface area contributed by atoms with E-state index in [4.69, 9.17) is 4.74 Å². The van der Waals surface area contributed by atoms with Crippen molar-refractivity contribution in [2.24, 2.45) is 4.99 Å². The molecule has 1 amide bonds. The highest BCUT2D eigenvalue weighted by atomic mass is 127. The average Bonchev–Trinajstić information content (AvgIpc) is 2.95. The monoisotopic (exact) mass is 432 g/mol. The predicted molar refractivity (Wildman–Crippen MR) is 104 cm³/mol. The minimum atomic E-state index is 0. The number of carbonyl (C=O) groups is 1. The number of amides is 1. The molecule has 0 aliphatic carbocycles. The summed E-state index contributed by atoms with van der Waals surface area (Å²) >= 11 is 0. The van der Waals surface area contributed by atoms with Crippen molar-refractivity contribution in [1.29, 1.82) is 0 Å². The molecule has 1 atom stereocenters. The van der Waals surface area contributed by atoms with Crippen LogP contribution >= 0.6 is 24.0 Å². The molecule has 0 bridgehead atoms. The molecule has 0 aromatic heterocycles. The SMILES string of the molecule is CN=C(NCC(=O)N1CCc2ccccc21)NC(C)COC.I. The number of hydrogen-bond donors (Lipinski definition) is 2. The first-order valence-corrected chi connectivity index (χ1v) is 7.50. The maximum atomic E-state index is 12.4. The van der Waals surface area contributed by atoms with E-state index in [-0.39, 0.29) is 42.5 Å².